The summed E-state index contributed by atoms with van der Waals surface area (Å²) in [6, 6.07) is 0.185. The Hall–Kier alpha value is -1.26. The minimum atomic E-state index is -0.0797. The normalized spacial score (nSPS) is 16.1. The van der Waals surface area contributed by atoms with E-state index in [2.05, 4.69) is 5.32 Å². The second-order valence-electron chi connectivity index (χ2n) is 4.32. The van der Waals surface area contributed by atoms with Crippen LogP contribution in [0.4, 0.5) is 4.79 Å². The molecular weight excluding hydrogens is 204 g/mol. The third-order valence-corrected chi connectivity index (χ3v) is 2.89. The Morgan fingerprint density at radius 3 is 2.62 bits per heavy atom. The van der Waals surface area contributed by atoms with Crippen molar-refractivity contribution >= 4 is 11.9 Å². The Bertz CT molecular complexity index is 248. The summed E-state index contributed by atoms with van der Waals surface area (Å²) in [5, 5.41) is 10.2. The van der Waals surface area contributed by atoms with Gasteiger partial charge in [0.2, 0.25) is 0 Å². The van der Waals surface area contributed by atoms with Gasteiger partial charge in [-0.25, -0.2) is 4.79 Å². The van der Waals surface area contributed by atoms with Gasteiger partial charge in [0.15, 0.2) is 0 Å². The van der Waals surface area contributed by atoms with Crippen molar-refractivity contribution in [3.8, 4) is 0 Å². The highest BCUT2D eigenvalue weighted by Gasteiger charge is 2.26. The summed E-state index contributed by atoms with van der Waals surface area (Å²) in [6.07, 6.45) is 5.32. The van der Waals surface area contributed by atoms with E-state index in [4.69, 9.17) is 11.1 Å². The fourth-order valence-electron chi connectivity index (χ4n) is 2.10. The zero-order valence-corrected chi connectivity index (χ0v) is 9.96. The van der Waals surface area contributed by atoms with Crippen LogP contribution in [-0.2, 0) is 0 Å². The lowest BCUT2D eigenvalue weighted by Crippen LogP contribution is -2.48. The predicted molar refractivity (Wildman–Crippen MR) is 64.6 cm³/mol. The molecule has 0 spiro atoms. The van der Waals surface area contributed by atoms with Gasteiger partial charge in [-0.3, -0.25) is 5.41 Å². The number of hydrogen-bond donors (Lipinski definition) is 3. The molecule has 5 nitrogen and oxygen atoms in total. The fraction of sp³-hybridized carbons (Fsp3) is 0.818. The van der Waals surface area contributed by atoms with Gasteiger partial charge in [-0.05, 0) is 19.3 Å². The van der Waals surface area contributed by atoms with Crippen LogP contribution < -0.4 is 11.1 Å². The summed E-state index contributed by atoms with van der Waals surface area (Å²) in [5.41, 5.74) is 5.39. The third-order valence-electron chi connectivity index (χ3n) is 2.89. The maximum absolute atomic E-state index is 11.9. The van der Waals surface area contributed by atoms with Gasteiger partial charge in [0.05, 0.1) is 6.54 Å². The average molecular weight is 226 g/mol. The number of carbonyl (C=O) groups excluding carboxylic acids is 1. The minimum Gasteiger partial charge on any atom is -0.386 e. The number of nitrogens with one attached hydrogen (secondary N) is 2. The van der Waals surface area contributed by atoms with Gasteiger partial charge in [0, 0.05) is 12.6 Å². The highest BCUT2D eigenvalue weighted by molar-refractivity contribution is 5.84. The van der Waals surface area contributed by atoms with Gasteiger partial charge in [0.1, 0.15) is 5.84 Å². The average Bonchev–Trinajstić information content (AvgIpc) is 2.75. The molecule has 0 aromatic carbocycles. The fourth-order valence-corrected chi connectivity index (χ4v) is 2.10. The van der Waals surface area contributed by atoms with Crippen LogP contribution in [0, 0.1) is 5.41 Å². The van der Waals surface area contributed by atoms with Gasteiger partial charge >= 0.3 is 6.03 Å². The third kappa shape index (κ3) is 3.72. The number of amidine groups is 1. The lowest BCUT2D eigenvalue weighted by Gasteiger charge is -2.28. The van der Waals surface area contributed by atoms with Crippen molar-refractivity contribution in [2.45, 2.75) is 45.1 Å². The van der Waals surface area contributed by atoms with Crippen LogP contribution in [0.25, 0.3) is 0 Å². The lowest BCUT2D eigenvalue weighted by molar-refractivity contribution is 0.185. The highest BCUT2D eigenvalue weighted by Crippen LogP contribution is 2.23. The monoisotopic (exact) mass is 226 g/mol. The lowest BCUT2D eigenvalue weighted by atomic mass is 10.2. The molecule has 4 N–H and O–H groups in total. The van der Waals surface area contributed by atoms with Crippen LogP contribution >= 0.6 is 0 Å². The van der Waals surface area contributed by atoms with E-state index in [1.165, 1.54) is 12.8 Å². The van der Waals surface area contributed by atoms with Crippen LogP contribution in [0.15, 0.2) is 0 Å². The molecule has 0 saturated heterocycles. The number of urea groups is 1. The zero-order chi connectivity index (χ0) is 12.0. The molecule has 0 aromatic heterocycles. The van der Waals surface area contributed by atoms with Crippen molar-refractivity contribution in [1.82, 2.24) is 10.2 Å². The second-order valence-corrected chi connectivity index (χ2v) is 4.32. The molecule has 0 aromatic rings. The van der Waals surface area contributed by atoms with E-state index in [0.29, 0.717) is 6.54 Å². The molecule has 0 unspecified atom stereocenters. The number of carbonyl (C=O) groups is 1. The van der Waals surface area contributed by atoms with Gasteiger partial charge < -0.3 is 16.0 Å². The molecule has 0 bridgehead atoms. The molecule has 1 aliphatic carbocycles. The minimum absolute atomic E-state index is 0.0542. The Labute approximate surface area is 96.9 Å². The largest absolute Gasteiger partial charge is 0.386 e. The first-order chi connectivity index (χ1) is 7.65. The Morgan fingerprint density at radius 1 is 1.50 bits per heavy atom. The number of hydrogen-bond acceptors (Lipinski definition) is 2. The van der Waals surface area contributed by atoms with Crippen molar-refractivity contribution in [2.24, 2.45) is 5.73 Å². The van der Waals surface area contributed by atoms with Crippen LogP contribution in [0.3, 0.4) is 0 Å². The maximum Gasteiger partial charge on any atom is 0.318 e. The molecule has 0 atom stereocenters. The molecule has 92 valence electrons. The quantitative estimate of drug-likeness (QED) is 0.487. The highest BCUT2D eigenvalue weighted by atomic mass is 16.2. The van der Waals surface area contributed by atoms with Crippen LogP contribution in [-0.4, -0.2) is 35.9 Å². The van der Waals surface area contributed by atoms with E-state index < -0.39 is 0 Å². The van der Waals surface area contributed by atoms with Crippen molar-refractivity contribution in [2.75, 3.05) is 13.1 Å². The molecule has 16 heavy (non-hydrogen) atoms. The number of amides is 2. The summed E-state index contributed by atoms with van der Waals surface area (Å²) in [6.45, 7) is 2.95. The second kappa shape index (κ2) is 6.35. The molecule has 2 amide bonds. The Balaban J connectivity index is 2.54. The van der Waals surface area contributed by atoms with E-state index in [9.17, 15) is 4.79 Å². The molecular formula is C11H22N4O. The summed E-state index contributed by atoms with van der Waals surface area (Å²) in [4.78, 5) is 13.6. The van der Waals surface area contributed by atoms with Crippen molar-refractivity contribution in [3.63, 3.8) is 0 Å². The molecule has 5 heteroatoms. The Kier molecular flexibility index (Phi) is 5.08. The molecule has 1 aliphatic rings. The molecule has 0 aliphatic heterocycles. The van der Waals surface area contributed by atoms with Crippen LogP contribution in [0.2, 0.25) is 0 Å². The van der Waals surface area contributed by atoms with Gasteiger partial charge in [-0.1, -0.05) is 19.8 Å². The maximum atomic E-state index is 11.9. The van der Waals surface area contributed by atoms with E-state index in [1.807, 2.05) is 6.92 Å². The standard InChI is InChI=1S/C11H22N4O/c1-2-7-14-11(16)15(8-10(12)13)9-5-3-4-6-9/h9H,2-8H2,1H3,(H3,12,13)(H,14,16). The van der Waals surface area contributed by atoms with Crippen molar-refractivity contribution in [1.29, 1.82) is 5.41 Å². The number of nitrogens with zero attached hydrogens (tertiary/aromatic N) is 1. The van der Waals surface area contributed by atoms with Crippen LogP contribution in [0.5, 0.6) is 0 Å². The first kappa shape index (κ1) is 12.8. The van der Waals surface area contributed by atoms with E-state index >= 15 is 0 Å². The van der Waals surface area contributed by atoms with E-state index in [1.54, 1.807) is 4.90 Å². The SMILES string of the molecule is CCCNC(=O)N(CC(=N)N)C1CCCC1. The van der Waals surface area contributed by atoms with E-state index in [-0.39, 0.29) is 24.5 Å². The summed E-state index contributed by atoms with van der Waals surface area (Å²) in [7, 11) is 0. The number of rotatable bonds is 5. The molecule has 1 rings (SSSR count). The van der Waals surface area contributed by atoms with Crippen molar-refractivity contribution < 1.29 is 4.79 Å². The zero-order valence-electron chi connectivity index (χ0n) is 9.96. The van der Waals surface area contributed by atoms with Gasteiger partial charge in [0.25, 0.3) is 0 Å². The molecule has 1 saturated carbocycles. The van der Waals surface area contributed by atoms with Gasteiger partial charge in [-0.2, -0.15) is 0 Å². The summed E-state index contributed by atoms with van der Waals surface area (Å²) in [5.74, 6) is 0.0542. The smallest absolute Gasteiger partial charge is 0.318 e. The topological polar surface area (TPSA) is 82.2 Å². The van der Waals surface area contributed by atoms with Crippen LogP contribution in [0.1, 0.15) is 39.0 Å². The first-order valence-corrected chi connectivity index (χ1v) is 6.02. The van der Waals surface area contributed by atoms with Crippen molar-refractivity contribution in [3.05, 3.63) is 0 Å². The first-order valence-electron chi connectivity index (χ1n) is 6.02. The predicted octanol–water partition coefficient (Wildman–Crippen LogP) is 1.29. The number of nitrogens with two attached hydrogens (primary N) is 1. The summed E-state index contributed by atoms with van der Waals surface area (Å²) < 4.78 is 0. The molecule has 0 heterocycles. The summed E-state index contributed by atoms with van der Waals surface area (Å²) >= 11 is 0. The van der Waals surface area contributed by atoms with Gasteiger partial charge in [-0.15, -0.1) is 0 Å². The molecule has 1 fully saturated rings. The Morgan fingerprint density at radius 2 is 2.12 bits per heavy atom. The van der Waals surface area contributed by atoms with E-state index in [0.717, 1.165) is 19.3 Å². The molecule has 0 radical (unpaired) electrons.